The molecule has 0 aromatic heterocycles. The second-order valence-corrected chi connectivity index (χ2v) is 11.4. The summed E-state index contributed by atoms with van der Waals surface area (Å²) in [4.78, 5) is 27.6. The predicted octanol–water partition coefficient (Wildman–Crippen LogP) is 4.36. The highest BCUT2D eigenvalue weighted by Crippen LogP contribution is 2.33. The molecular weight excluding hydrogens is 537 g/mol. The molecule has 8 nitrogen and oxygen atoms in total. The molecule has 2 aromatic carbocycles. The highest BCUT2D eigenvalue weighted by atomic mass is 35.5. The Labute approximate surface area is 221 Å². The number of amides is 2. The van der Waals surface area contributed by atoms with E-state index in [0.29, 0.717) is 10.6 Å². The lowest BCUT2D eigenvalue weighted by Crippen LogP contribution is -2.52. The maximum absolute atomic E-state index is 13.6. The van der Waals surface area contributed by atoms with E-state index in [0.717, 1.165) is 10.6 Å². The molecule has 35 heavy (non-hydrogen) atoms. The number of sulfonamides is 1. The molecule has 0 radical (unpaired) electrons. The molecule has 0 aliphatic carbocycles. The zero-order valence-corrected chi connectivity index (χ0v) is 23.1. The van der Waals surface area contributed by atoms with E-state index >= 15 is 0 Å². The topological polar surface area (TPSA) is 96.0 Å². The van der Waals surface area contributed by atoms with Crippen LogP contribution in [0.15, 0.2) is 36.4 Å². The van der Waals surface area contributed by atoms with Crippen molar-refractivity contribution in [2.75, 3.05) is 24.2 Å². The first-order valence-corrected chi connectivity index (χ1v) is 13.6. The molecule has 192 valence electrons. The Bertz CT molecular complexity index is 1190. The first-order valence-electron chi connectivity index (χ1n) is 10.6. The molecule has 2 amide bonds. The normalized spacial score (nSPS) is 12.3. The Morgan fingerprint density at radius 2 is 1.69 bits per heavy atom. The molecule has 1 atom stereocenters. The van der Waals surface area contributed by atoms with Gasteiger partial charge in [0.15, 0.2) is 0 Å². The molecule has 0 aliphatic rings. The van der Waals surface area contributed by atoms with Crippen molar-refractivity contribution in [2.24, 2.45) is 0 Å². The molecule has 1 unspecified atom stereocenters. The van der Waals surface area contributed by atoms with Crippen LogP contribution in [-0.4, -0.2) is 57.1 Å². The fourth-order valence-electron chi connectivity index (χ4n) is 3.28. The second kappa shape index (κ2) is 12.2. The molecule has 2 aromatic rings. The monoisotopic (exact) mass is 563 g/mol. The van der Waals surface area contributed by atoms with Gasteiger partial charge in [-0.15, -0.1) is 0 Å². The average molecular weight is 565 g/mol. The molecule has 2 rings (SSSR count). The number of rotatable bonds is 10. The number of carbonyl (C=O) groups is 2. The highest BCUT2D eigenvalue weighted by Gasteiger charge is 2.31. The predicted molar refractivity (Wildman–Crippen MR) is 140 cm³/mol. The zero-order chi connectivity index (χ0) is 26.5. The largest absolute Gasteiger partial charge is 0.495 e. The van der Waals surface area contributed by atoms with Crippen LogP contribution in [0, 0.1) is 0 Å². The van der Waals surface area contributed by atoms with Gasteiger partial charge in [0.1, 0.15) is 18.3 Å². The Kier molecular flexibility index (Phi) is 10.1. The number of methoxy groups -OCH3 is 1. The lowest BCUT2D eigenvalue weighted by Gasteiger charge is -2.32. The Morgan fingerprint density at radius 1 is 1.03 bits per heavy atom. The van der Waals surface area contributed by atoms with Gasteiger partial charge in [0, 0.05) is 17.6 Å². The van der Waals surface area contributed by atoms with Crippen LogP contribution in [0.1, 0.15) is 26.3 Å². The minimum absolute atomic E-state index is 0.00726. The number of anilines is 1. The first kappa shape index (κ1) is 29.0. The van der Waals surface area contributed by atoms with E-state index in [1.165, 1.54) is 24.1 Å². The third-order valence-corrected chi connectivity index (χ3v) is 7.12. The van der Waals surface area contributed by atoms with E-state index in [1.807, 2.05) is 0 Å². The third kappa shape index (κ3) is 7.90. The van der Waals surface area contributed by atoms with E-state index in [2.05, 4.69) is 5.32 Å². The molecule has 0 aliphatic heterocycles. The summed E-state index contributed by atoms with van der Waals surface area (Å²) in [7, 11) is -2.56. The van der Waals surface area contributed by atoms with Crippen LogP contribution < -0.4 is 14.4 Å². The summed E-state index contributed by atoms with van der Waals surface area (Å²) in [5.74, 6) is -0.788. The molecule has 0 saturated carbocycles. The Balaban J connectivity index is 2.48. The van der Waals surface area contributed by atoms with Crippen LogP contribution in [-0.2, 0) is 26.2 Å². The maximum atomic E-state index is 13.6. The van der Waals surface area contributed by atoms with Crippen LogP contribution in [0.5, 0.6) is 5.75 Å². The van der Waals surface area contributed by atoms with Crippen molar-refractivity contribution in [3.8, 4) is 5.75 Å². The van der Waals surface area contributed by atoms with Gasteiger partial charge in [0.25, 0.3) is 0 Å². The highest BCUT2D eigenvalue weighted by molar-refractivity contribution is 7.92. The summed E-state index contributed by atoms with van der Waals surface area (Å²) in [6.07, 6.45) is 0.971. The van der Waals surface area contributed by atoms with Crippen LogP contribution in [0.3, 0.4) is 0 Å². The van der Waals surface area contributed by atoms with Gasteiger partial charge in [0.05, 0.1) is 29.1 Å². The van der Waals surface area contributed by atoms with Crippen molar-refractivity contribution in [2.45, 2.75) is 39.4 Å². The van der Waals surface area contributed by atoms with Gasteiger partial charge >= 0.3 is 0 Å². The SMILES string of the molecule is COc1ccc(Cl)cc1N(CC(=O)N(Cc1ccc(Cl)c(Cl)c1)C(C)C(=O)NC(C)C)S(C)(=O)=O. The number of nitrogens with one attached hydrogen (secondary N) is 1. The molecule has 0 heterocycles. The van der Waals surface area contributed by atoms with E-state index in [1.54, 1.807) is 45.0 Å². The minimum Gasteiger partial charge on any atom is -0.495 e. The fourth-order valence-corrected chi connectivity index (χ4v) is 4.61. The summed E-state index contributed by atoms with van der Waals surface area (Å²) in [5.41, 5.74) is 0.716. The van der Waals surface area contributed by atoms with Gasteiger partial charge in [-0.1, -0.05) is 40.9 Å². The standard InChI is InChI=1S/C23H28Cl3N3O5S/c1-14(2)27-23(31)15(3)28(12-16-6-8-18(25)19(26)10-16)22(30)13-29(35(5,32)33)20-11-17(24)7-9-21(20)34-4/h6-11,14-15H,12-13H2,1-5H3,(H,27,31). The second-order valence-electron chi connectivity index (χ2n) is 8.20. The summed E-state index contributed by atoms with van der Waals surface area (Å²) in [6.45, 7) is 4.57. The fraction of sp³-hybridized carbons (Fsp3) is 0.391. The number of hydrogen-bond donors (Lipinski definition) is 1. The van der Waals surface area contributed by atoms with E-state index < -0.39 is 28.5 Å². The van der Waals surface area contributed by atoms with Crippen molar-refractivity contribution >= 4 is 62.3 Å². The van der Waals surface area contributed by atoms with Crippen LogP contribution in [0.4, 0.5) is 5.69 Å². The number of ether oxygens (including phenoxy) is 1. The van der Waals surface area contributed by atoms with Crippen molar-refractivity contribution in [1.82, 2.24) is 10.2 Å². The van der Waals surface area contributed by atoms with Gasteiger partial charge in [0.2, 0.25) is 21.8 Å². The lowest BCUT2D eigenvalue weighted by atomic mass is 10.1. The number of benzene rings is 2. The van der Waals surface area contributed by atoms with Crippen molar-refractivity contribution < 1.29 is 22.7 Å². The molecule has 1 N–H and O–H groups in total. The van der Waals surface area contributed by atoms with Gasteiger partial charge in [-0.25, -0.2) is 8.42 Å². The molecule has 12 heteroatoms. The van der Waals surface area contributed by atoms with E-state index in [9.17, 15) is 18.0 Å². The zero-order valence-electron chi connectivity index (χ0n) is 20.0. The first-order chi connectivity index (χ1) is 16.2. The number of halogens is 3. The van der Waals surface area contributed by atoms with Gasteiger partial charge in [-0.2, -0.15) is 0 Å². The quantitative estimate of drug-likeness (QED) is 0.463. The van der Waals surface area contributed by atoms with Crippen LogP contribution in [0.2, 0.25) is 15.1 Å². The summed E-state index contributed by atoms with van der Waals surface area (Å²) < 4.78 is 31.6. The maximum Gasteiger partial charge on any atom is 0.244 e. The van der Waals surface area contributed by atoms with Gasteiger partial charge in [-0.05, 0) is 56.7 Å². The molecule has 0 saturated heterocycles. The lowest BCUT2D eigenvalue weighted by molar-refractivity contribution is -0.139. The van der Waals surface area contributed by atoms with E-state index in [-0.39, 0.29) is 40.0 Å². The molecule has 0 bridgehead atoms. The van der Waals surface area contributed by atoms with Crippen molar-refractivity contribution in [3.05, 3.63) is 57.0 Å². The summed E-state index contributed by atoms with van der Waals surface area (Å²) in [5, 5.41) is 3.67. The Hall–Kier alpha value is -2.20. The summed E-state index contributed by atoms with van der Waals surface area (Å²) >= 11 is 18.2. The minimum atomic E-state index is -3.94. The summed E-state index contributed by atoms with van der Waals surface area (Å²) in [6, 6.07) is 8.22. The third-order valence-electron chi connectivity index (χ3n) is 5.02. The van der Waals surface area contributed by atoms with E-state index in [4.69, 9.17) is 39.5 Å². The van der Waals surface area contributed by atoms with Crippen molar-refractivity contribution in [3.63, 3.8) is 0 Å². The number of carbonyl (C=O) groups excluding carboxylic acids is 2. The molecular formula is C23H28Cl3N3O5S. The smallest absolute Gasteiger partial charge is 0.244 e. The van der Waals surface area contributed by atoms with Crippen LogP contribution in [0.25, 0.3) is 0 Å². The van der Waals surface area contributed by atoms with Gasteiger partial charge < -0.3 is 15.0 Å². The molecule has 0 spiro atoms. The van der Waals surface area contributed by atoms with Gasteiger partial charge in [-0.3, -0.25) is 13.9 Å². The number of nitrogens with zero attached hydrogens (tertiary/aromatic N) is 2. The average Bonchev–Trinajstić information content (AvgIpc) is 2.76. The van der Waals surface area contributed by atoms with Crippen LogP contribution >= 0.6 is 34.8 Å². The Morgan fingerprint density at radius 3 is 2.23 bits per heavy atom. The van der Waals surface area contributed by atoms with Crippen molar-refractivity contribution in [1.29, 1.82) is 0 Å². The number of hydrogen-bond acceptors (Lipinski definition) is 5. The molecule has 0 fully saturated rings.